The van der Waals surface area contributed by atoms with E-state index in [2.05, 4.69) is 15.4 Å². The number of ether oxygens (including phenoxy) is 1. The second-order valence-electron chi connectivity index (χ2n) is 4.93. The van der Waals surface area contributed by atoms with Gasteiger partial charge in [0.15, 0.2) is 0 Å². The summed E-state index contributed by atoms with van der Waals surface area (Å²) in [5.41, 5.74) is 1.36. The van der Waals surface area contributed by atoms with E-state index in [1.807, 2.05) is 0 Å². The Morgan fingerprint density at radius 2 is 1.68 bits per heavy atom. The molecule has 6 nitrogen and oxygen atoms in total. The van der Waals surface area contributed by atoms with E-state index in [-0.39, 0.29) is 22.3 Å². The third kappa shape index (κ3) is 4.95. The van der Waals surface area contributed by atoms with Crippen molar-refractivity contribution in [2.24, 2.45) is 0 Å². The van der Waals surface area contributed by atoms with Crippen LogP contribution in [-0.2, 0) is 20.9 Å². The molecular weight excluding hydrogens is 367 g/mol. The first-order valence-electron chi connectivity index (χ1n) is 7.13. The summed E-state index contributed by atoms with van der Waals surface area (Å²) in [5.74, 6) is -2.14. The van der Waals surface area contributed by atoms with Crippen LogP contribution in [0.4, 0.5) is 5.69 Å². The highest BCUT2D eigenvalue weighted by Crippen LogP contribution is 2.29. The van der Waals surface area contributed by atoms with Crippen molar-refractivity contribution >= 4 is 46.7 Å². The topological polar surface area (TPSA) is 84.5 Å². The molecular formula is C17H14Cl2N2O4. The zero-order valence-corrected chi connectivity index (χ0v) is 14.6. The molecule has 0 fully saturated rings. The zero-order valence-electron chi connectivity index (χ0n) is 13.1. The number of carbonyl (C=O) groups is 3. The quantitative estimate of drug-likeness (QED) is 0.630. The van der Waals surface area contributed by atoms with E-state index < -0.39 is 17.8 Å². The van der Waals surface area contributed by atoms with E-state index >= 15 is 0 Å². The number of amides is 2. The van der Waals surface area contributed by atoms with Gasteiger partial charge in [-0.05, 0) is 29.8 Å². The predicted molar refractivity (Wildman–Crippen MR) is 94.7 cm³/mol. The molecule has 0 unspecified atom stereocenters. The van der Waals surface area contributed by atoms with Crippen molar-refractivity contribution in [2.75, 3.05) is 12.4 Å². The first-order valence-corrected chi connectivity index (χ1v) is 7.88. The molecule has 0 aliphatic rings. The van der Waals surface area contributed by atoms with Gasteiger partial charge in [0.25, 0.3) is 0 Å². The lowest BCUT2D eigenvalue weighted by molar-refractivity contribution is -0.136. The number of benzene rings is 2. The number of nitrogens with one attached hydrogen (secondary N) is 2. The third-order valence-electron chi connectivity index (χ3n) is 3.23. The lowest BCUT2D eigenvalue weighted by atomic mass is 10.1. The Morgan fingerprint density at radius 3 is 2.32 bits per heavy atom. The molecule has 2 rings (SSSR count). The van der Waals surface area contributed by atoms with Gasteiger partial charge in [-0.1, -0.05) is 41.4 Å². The van der Waals surface area contributed by atoms with Crippen molar-refractivity contribution in [3.05, 3.63) is 63.6 Å². The number of carbonyl (C=O) groups excluding carboxylic acids is 3. The fourth-order valence-electron chi connectivity index (χ4n) is 1.92. The lowest BCUT2D eigenvalue weighted by Crippen LogP contribution is -2.35. The molecule has 0 saturated heterocycles. The van der Waals surface area contributed by atoms with Crippen LogP contribution < -0.4 is 10.6 Å². The van der Waals surface area contributed by atoms with E-state index in [0.29, 0.717) is 5.56 Å². The molecule has 25 heavy (non-hydrogen) atoms. The first kappa shape index (κ1) is 18.8. The number of rotatable bonds is 4. The SMILES string of the molecule is COC(=O)c1ccc(CNC(=O)C(=O)Nc2cccc(Cl)c2Cl)cc1. The van der Waals surface area contributed by atoms with Crippen molar-refractivity contribution in [3.8, 4) is 0 Å². The Labute approximate surface area is 154 Å². The molecule has 0 saturated carbocycles. The number of halogens is 2. The minimum Gasteiger partial charge on any atom is -0.465 e. The van der Waals surface area contributed by atoms with Crippen molar-refractivity contribution in [1.29, 1.82) is 0 Å². The molecule has 0 atom stereocenters. The van der Waals surface area contributed by atoms with Crippen molar-refractivity contribution in [2.45, 2.75) is 6.54 Å². The summed E-state index contributed by atoms with van der Waals surface area (Å²) in [4.78, 5) is 35.1. The second kappa shape index (κ2) is 8.50. The van der Waals surface area contributed by atoms with Crippen LogP contribution in [0.3, 0.4) is 0 Å². The van der Waals surface area contributed by atoms with E-state index in [0.717, 1.165) is 5.56 Å². The molecule has 2 aromatic carbocycles. The maximum Gasteiger partial charge on any atom is 0.337 e. The van der Waals surface area contributed by atoms with E-state index in [4.69, 9.17) is 23.2 Å². The molecule has 2 N–H and O–H groups in total. The Bertz CT molecular complexity index is 807. The van der Waals surface area contributed by atoms with Crippen LogP contribution in [0.25, 0.3) is 0 Å². The van der Waals surface area contributed by atoms with Gasteiger partial charge < -0.3 is 15.4 Å². The van der Waals surface area contributed by atoms with Gasteiger partial charge in [0, 0.05) is 6.54 Å². The van der Waals surface area contributed by atoms with Crippen molar-refractivity contribution in [3.63, 3.8) is 0 Å². The largest absolute Gasteiger partial charge is 0.465 e. The summed E-state index contributed by atoms with van der Waals surface area (Å²) in [6, 6.07) is 11.1. The molecule has 0 aliphatic heterocycles. The van der Waals surface area contributed by atoms with Gasteiger partial charge in [0.2, 0.25) is 0 Å². The van der Waals surface area contributed by atoms with E-state index in [9.17, 15) is 14.4 Å². The van der Waals surface area contributed by atoms with Crippen molar-refractivity contribution < 1.29 is 19.1 Å². The smallest absolute Gasteiger partial charge is 0.337 e. The average molecular weight is 381 g/mol. The highest BCUT2D eigenvalue weighted by Gasteiger charge is 2.15. The van der Waals surface area contributed by atoms with Crippen LogP contribution in [0.2, 0.25) is 10.0 Å². The molecule has 0 heterocycles. The third-order valence-corrected chi connectivity index (χ3v) is 4.05. The van der Waals surface area contributed by atoms with Gasteiger partial charge in [0.1, 0.15) is 0 Å². The van der Waals surface area contributed by atoms with E-state index in [1.54, 1.807) is 36.4 Å². The van der Waals surface area contributed by atoms with Crippen molar-refractivity contribution in [1.82, 2.24) is 5.32 Å². The Hall–Kier alpha value is -2.57. The maximum absolute atomic E-state index is 11.9. The normalized spacial score (nSPS) is 10.0. The van der Waals surface area contributed by atoms with Crippen LogP contribution in [-0.4, -0.2) is 24.9 Å². The Balaban J connectivity index is 1.92. The summed E-state index contributed by atoms with van der Waals surface area (Å²) >= 11 is 11.8. The summed E-state index contributed by atoms with van der Waals surface area (Å²) in [5, 5.41) is 5.29. The summed E-state index contributed by atoms with van der Waals surface area (Å²) in [6.45, 7) is 0.122. The summed E-state index contributed by atoms with van der Waals surface area (Å²) in [6.07, 6.45) is 0. The fourth-order valence-corrected chi connectivity index (χ4v) is 2.27. The minimum absolute atomic E-state index is 0.122. The highest BCUT2D eigenvalue weighted by atomic mass is 35.5. The number of esters is 1. The lowest BCUT2D eigenvalue weighted by Gasteiger charge is -2.09. The molecule has 0 bridgehead atoms. The van der Waals surface area contributed by atoms with Crippen LogP contribution in [0.1, 0.15) is 15.9 Å². The molecule has 0 aromatic heterocycles. The Morgan fingerprint density at radius 1 is 1.00 bits per heavy atom. The monoisotopic (exact) mass is 380 g/mol. The first-order chi connectivity index (χ1) is 11.9. The predicted octanol–water partition coefficient (Wildman–Crippen LogP) is 3.03. The van der Waals surface area contributed by atoms with E-state index in [1.165, 1.54) is 13.2 Å². The summed E-state index contributed by atoms with van der Waals surface area (Å²) < 4.78 is 4.60. The van der Waals surface area contributed by atoms with Gasteiger partial charge in [-0.15, -0.1) is 0 Å². The van der Waals surface area contributed by atoms with Gasteiger partial charge in [0.05, 0.1) is 28.4 Å². The molecule has 8 heteroatoms. The van der Waals surface area contributed by atoms with Crippen LogP contribution in [0, 0.1) is 0 Å². The highest BCUT2D eigenvalue weighted by molar-refractivity contribution is 6.45. The van der Waals surface area contributed by atoms with Gasteiger partial charge in [-0.25, -0.2) is 4.79 Å². The van der Waals surface area contributed by atoms with Gasteiger partial charge >= 0.3 is 17.8 Å². The van der Waals surface area contributed by atoms with Crippen LogP contribution in [0.5, 0.6) is 0 Å². The summed E-state index contributed by atoms with van der Waals surface area (Å²) in [7, 11) is 1.29. The zero-order chi connectivity index (χ0) is 18.4. The molecule has 0 aliphatic carbocycles. The maximum atomic E-state index is 11.9. The fraction of sp³-hybridized carbons (Fsp3) is 0.118. The molecule has 2 amide bonds. The molecule has 130 valence electrons. The number of hydrogen-bond donors (Lipinski definition) is 2. The van der Waals surface area contributed by atoms with Crippen LogP contribution in [0.15, 0.2) is 42.5 Å². The van der Waals surface area contributed by atoms with Crippen LogP contribution >= 0.6 is 23.2 Å². The molecule has 0 spiro atoms. The second-order valence-corrected chi connectivity index (χ2v) is 5.71. The molecule has 0 radical (unpaired) electrons. The van der Waals surface area contributed by atoms with Gasteiger partial charge in [-0.2, -0.15) is 0 Å². The molecule has 2 aromatic rings. The van der Waals surface area contributed by atoms with Gasteiger partial charge in [-0.3, -0.25) is 9.59 Å². The minimum atomic E-state index is -0.865. The Kier molecular flexibility index (Phi) is 6.38. The number of methoxy groups -OCH3 is 1. The number of hydrogen-bond acceptors (Lipinski definition) is 4. The number of anilines is 1. The average Bonchev–Trinajstić information content (AvgIpc) is 2.63. The standard InChI is InChI=1S/C17H14Cl2N2O4/c1-25-17(24)11-7-5-10(6-8-11)9-20-15(22)16(23)21-13-4-2-3-12(18)14(13)19/h2-8H,9H2,1H3,(H,20,22)(H,21,23).